The zero-order valence-corrected chi connectivity index (χ0v) is 9.62. The average Bonchev–Trinajstić information content (AvgIpc) is 2.23. The predicted molar refractivity (Wildman–Crippen MR) is 65.5 cm³/mol. The number of nitrogens with zero attached hydrogens (tertiary/aromatic N) is 1. The molecule has 78 valence electrons. The molecule has 2 rings (SSSR count). The van der Waals surface area contributed by atoms with Crippen LogP contribution in [-0.4, -0.2) is 18.5 Å². The van der Waals surface area contributed by atoms with Gasteiger partial charge in [0.15, 0.2) is 0 Å². The molecule has 1 heterocycles. The van der Waals surface area contributed by atoms with Crippen LogP contribution in [0.4, 0.5) is 0 Å². The maximum atomic E-state index is 2.27. The van der Waals surface area contributed by atoms with Gasteiger partial charge < -0.3 is 4.90 Å². The summed E-state index contributed by atoms with van der Waals surface area (Å²) in [4.78, 5) is 2.27. The predicted octanol–water partition coefficient (Wildman–Crippen LogP) is 3.23. The maximum Gasteiger partial charge on any atom is 0.0429 e. The first-order valence-corrected chi connectivity index (χ1v) is 5.32. The molecule has 0 N–H and O–H groups in total. The first-order valence-electron chi connectivity index (χ1n) is 5.32. The standard InChI is InChI=1S/C14H17N/c1-11-4-7-13(8-5-11)14-9-6-12(2)15(3)10-14/h4-9H,10H2,1-3H3. The molecule has 0 fully saturated rings. The van der Waals surface area contributed by atoms with Gasteiger partial charge >= 0.3 is 0 Å². The molecular formula is C14H17N. The van der Waals surface area contributed by atoms with Crippen LogP contribution in [0.25, 0.3) is 5.57 Å². The summed E-state index contributed by atoms with van der Waals surface area (Å²) in [6.07, 6.45) is 4.40. The van der Waals surface area contributed by atoms with E-state index in [1.165, 1.54) is 22.4 Å². The molecule has 0 aromatic heterocycles. The van der Waals surface area contributed by atoms with Gasteiger partial charge in [0.1, 0.15) is 0 Å². The number of hydrogen-bond donors (Lipinski definition) is 0. The minimum Gasteiger partial charge on any atom is -0.374 e. The summed E-state index contributed by atoms with van der Waals surface area (Å²) < 4.78 is 0. The SMILES string of the molecule is CC1=CC=C(c2ccc(C)cc2)CN1C. The van der Waals surface area contributed by atoms with E-state index in [4.69, 9.17) is 0 Å². The maximum absolute atomic E-state index is 2.27. The number of allylic oxidation sites excluding steroid dienone is 3. The number of benzene rings is 1. The third-order valence-corrected chi connectivity index (χ3v) is 2.96. The van der Waals surface area contributed by atoms with Crippen LogP contribution in [0, 0.1) is 6.92 Å². The second-order valence-electron chi connectivity index (χ2n) is 4.22. The highest BCUT2D eigenvalue weighted by Gasteiger charge is 2.09. The van der Waals surface area contributed by atoms with E-state index in [1.807, 2.05) is 0 Å². The Balaban J connectivity index is 2.29. The molecule has 0 bridgehead atoms. The summed E-state index contributed by atoms with van der Waals surface area (Å²) in [5.41, 5.74) is 5.36. The summed E-state index contributed by atoms with van der Waals surface area (Å²) in [6, 6.07) is 8.73. The number of likely N-dealkylation sites (N-methyl/N-ethyl adjacent to an activating group) is 1. The zero-order chi connectivity index (χ0) is 10.8. The third kappa shape index (κ3) is 2.12. The van der Waals surface area contributed by atoms with Crippen LogP contribution < -0.4 is 0 Å². The van der Waals surface area contributed by atoms with Crippen molar-refractivity contribution in [1.29, 1.82) is 0 Å². The molecule has 1 aliphatic rings. The van der Waals surface area contributed by atoms with Gasteiger partial charge in [-0.15, -0.1) is 0 Å². The molecule has 0 saturated carbocycles. The van der Waals surface area contributed by atoms with E-state index in [1.54, 1.807) is 0 Å². The van der Waals surface area contributed by atoms with Crippen LogP contribution in [0.3, 0.4) is 0 Å². The Labute approximate surface area is 91.7 Å². The molecule has 1 aliphatic heterocycles. The van der Waals surface area contributed by atoms with Crippen molar-refractivity contribution in [2.75, 3.05) is 13.6 Å². The van der Waals surface area contributed by atoms with Gasteiger partial charge in [-0.3, -0.25) is 0 Å². The highest BCUT2D eigenvalue weighted by Crippen LogP contribution is 2.21. The topological polar surface area (TPSA) is 3.24 Å². The van der Waals surface area contributed by atoms with Crippen molar-refractivity contribution in [3.05, 3.63) is 53.2 Å². The molecule has 1 heteroatoms. The molecule has 0 aliphatic carbocycles. The quantitative estimate of drug-likeness (QED) is 0.671. The fraction of sp³-hybridized carbons (Fsp3) is 0.286. The fourth-order valence-electron chi connectivity index (χ4n) is 1.74. The summed E-state index contributed by atoms with van der Waals surface area (Å²) in [5.74, 6) is 0. The van der Waals surface area contributed by atoms with Crippen molar-refractivity contribution >= 4 is 5.57 Å². The summed E-state index contributed by atoms with van der Waals surface area (Å²) in [5, 5.41) is 0. The minimum absolute atomic E-state index is 1.01. The fourth-order valence-corrected chi connectivity index (χ4v) is 1.74. The highest BCUT2D eigenvalue weighted by atomic mass is 15.1. The summed E-state index contributed by atoms with van der Waals surface area (Å²) in [6.45, 7) is 5.27. The van der Waals surface area contributed by atoms with E-state index in [2.05, 4.69) is 62.2 Å². The van der Waals surface area contributed by atoms with Crippen LogP contribution in [0.5, 0.6) is 0 Å². The van der Waals surface area contributed by atoms with Gasteiger partial charge in [-0.05, 0) is 31.1 Å². The zero-order valence-electron chi connectivity index (χ0n) is 9.62. The van der Waals surface area contributed by atoms with Crippen LogP contribution in [0.1, 0.15) is 18.1 Å². The second-order valence-corrected chi connectivity index (χ2v) is 4.22. The lowest BCUT2D eigenvalue weighted by Gasteiger charge is -2.25. The summed E-state index contributed by atoms with van der Waals surface area (Å²) in [7, 11) is 2.13. The first-order chi connectivity index (χ1) is 7.16. The largest absolute Gasteiger partial charge is 0.374 e. The summed E-state index contributed by atoms with van der Waals surface area (Å²) >= 11 is 0. The van der Waals surface area contributed by atoms with Gasteiger partial charge in [0.25, 0.3) is 0 Å². The van der Waals surface area contributed by atoms with E-state index >= 15 is 0 Å². The molecule has 0 unspecified atom stereocenters. The van der Waals surface area contributed by atoms with Gasteiger partial charge in [-0.25, -0.2) is 0 Å². The molecule has 0 saturated heterocycles. The van der Waals surface area contributed by atoms with E-state index in [9.17, 15) is 0 Å². The number of aryl methyl sites for hydroxylation is 1. The van der Waals surface area contributed by atoms with Crippen molar-refractivity contribution in [2.24, 2.45) is 0 Å². The first kappa shape index (κ1) is 10.0. The molecule has 1 nitrogen and oxygen atoms in total. The third-order valence-electron chi connectivity index (χ3n) is 2.96. The van der Waals surface area contributed by atoms with E-state index in [-0.39, 0.29) is 0 Å². The van der Waals surface area contributed by atoms with E-state index in [0.29, 0.717) is 0 Å². The van der Waals surface area contributed by atoms with Crippen LogP contribution in [-0.2, 0) is 0 Å². The van der Waals surface area contributed by atoms with Crippen molar-refractivity contribution in [3.63, 3.8) is 0 Å². The molecular weight excluding hydrogens is 182 g/mol. The van der Waals surface area contributed by atoms with Crippen molar-refractivity contribution in [2.45, 2.75) is 13.8 Å². The lowest BCUT2D eigenvalue weighted by Crippen LogP contribution is -2.20. The molecule has 0 atom stereocenters. The number of rotatable bonds is 1. The lowest BCUT2D eigenvalue weighted by molar-refractivity contribution is 0.467. The Hall–Kier alpha value is -1.50. The Morgan fingerprint density at radius 1 is 1.00 bits per heavy atom. The Morgan fingerprint density at radius 2 is 1.67 bits per heavy atom. The van der Waals surface area contributed by atoms with Crippen molar-refractivity contribution in [1.82, 2.24) is 4.90 Å². The van der Waals surface area contributed by atoms with Crippen LogP contribution in [0.15, 0.2) is 42.1 Å². The molecule has 0 spiro atoms. The normalized spacial score (nSPS) is 16.1. The Morgan fingerprint density at radius 3 is 2.27 bits per heavy atom. The lowest BCUT2D eigenvalue weighted by atomic mass is 10.0. The van der Waals surface area contributed by atoms with Gasteiger partial charge in [-0.2, -0.15) is 0 Å². The molecule has 1 aromatic carbocycles. The number of hydrogen-bond acceptors (Lipinski definition) is 1. The second kappa shape index (κ2) is 3.93. The van der Waals surface area contributed by atoms with Gasteiger partial charge in [0.2, 0.25) is 0 Å². The molecule has 15 heavy (non-hydrogen) atoms. The molecule has 1 aromatic rings. The molecule has 0 radical (unpaired) electrons. The minimum atomic E-state index is 1.01. The van der Waals surface area contributed by atoms with E-state index in [0.717, 1.165) is 6.54 Å². The highest BCUT2D eigenvalue weighted by molar-refractivity contribution is 5.70. The Kier molecular flexibility index (Phi) is 2.63. The van der Waals surface area contributed by atoms with Crippen LogP contribution in [0.2, 0.25) is 0 Å². The average molecular weight is 199 g/mol. The van der Waals surface area contributed by atoms with Crippen molar-refractivity contribution < 1.29 is 0 Å². The Bertz CT molecular complexity index is 409. The van der Waals surface area contributed by atoms with Crippen molar-refractivity contribution in [3.8, 4) is 0 Å². The van der Waals surface area contributed by atoms with Gasteiger partial charge in [0, 0.05) is 19.3 Å². The smallest absolute Gasteiger partial charge is 0.0429 e. The van der Waals surface area contributed by atoms with E-state index < -0.39 is 0 Å². The molecule has 0 amide bonds. The van der Waals surface area contributed by atoms with Gasteiger partial charge in [-0.1, -0.05) is 35.9 Å². The van der Waals surface area contributed by atoms with Gasteiger partial charge in [0.05, 0.1) is 0 Å². The van der Waals surface area contributed by atoms with Crippen LogP contribution >= 0.6 is 0 Å². The monoisotopic (exact) mass is 199 g/mol.